The number of carboxylic acid groups (broad SMARTS) is 1. The van der Waals surface area contributed by atoms with Crippen LogP contribution in [0.4, 0.5) is 15.5 Å². The standard InChI is InChI=1S/C18H25BN4O6/c1-16(2,3)27-15(26)23(14(24)25)13-20-12-10-11(8-9-22(12)21-13)19-28-17(4,5)18(6,7)29-19/h8-10H,1-7H3,(H,24,25). The van der Waals surface area contributed by atoms with E-state index in [0.717, 1.165) is 0 Å². The van der Waals surface area contributed by atoms with Gasteiger partial charge in [-0.25, -0.2) is 14.1 Å². The molecule has 0 saturated carbocycles. The molecule has 0 radical (unpaired) electrons. The fraction of sp³-hybridized carbons (Fsp3) is 0.556. The van der Waals surface area contributed by atoms with E-state index in [4.69, 9.17) is 14.0 Å². The van der Waals surface area contributed by atoms with E-state index in [0.29, 0.717) is 16.0 Å². The van der Waals surface area contributed by atoms with Crippen LogP contribution in [-0.2, 0) is 14.0 Å². The van der Waals surface area contributed by atoms with Crippen LogP contribution in [0, 0.1) is 0 Å². The number of hydrogen-bond acceptors (Lipinski definition) is 7. The van der Waals surface area contributed by atoms with Gasteiger partial charge in [0.1, 0.15) is 5.60 Å². The van der Waals surface area contributed by atoms with Gasteiger partial charge in [-0.2, -0.15) is 4.98 Å². The summed E-state index contributed by atoms with van der Waals surface area (Å²) in [5.41, 5.74) is -0.830. The Morgan fingerprint density at radius 1 is 1.21 bits per heavy atom. The topological polar surface area (TPSA) is 115 Å². The number of imide groups is 1. The Morgan fingerprint density at radius 3 is 2.31 bits per heavy atom. The van der Waals surface area contributed by atoms with E-state index < -0.39 is 36.1 Å². The van der Waals surface area contributed by atoms with Crippen LogP contribution < -0.4 is 10.4 Å². The van der Waals surface area contributed by atoms with Crippen LogP contribution >= 0.6 is 0 Å². The van der Waals surface area contributed by atoms with Crippen molar-refractivity contribution in [3.8, 4) is 0 Å². The molecule has 2 amide bonds. The minimum atomic E-state index is -1.54. The second-order valence-corrected chi connectivity index (χ2v) is 8.86. The largest absolute Gasteiger partial charge is 0.495 e. The first-order chi connectivity index (χ1) is 13.2. The van der Waals surface area contributed by atoms with E-state index >= 15 is 0 Å². The highest BCUT2D eigenvalue weighted by Gasteiger charge is 2.51. The molecule has 0 atom stereocenters. The lowest BCUT2D eigenvalue weighted by Crippen LogP contribution is -2.41. The van der Waals surface area contributed by atoms with Crippen LogP contribution in [0.5, 0.6) is 0 Å². The molecule has 1 saturated heterocycles. The van der Waals surface area contributed by atoms with Crippen molar-refractivity contribution < 1.29 is 28.7 Å². The van der Waals surface area contributed by atoms with Gasteiger partial charge in [-0.15, -0.1) is 10.00 Å². The quantitative estimate of drug-likeness (QED) is 0.759. The van der Waals surface area contributed by atoms with Gasteiger partial charge >= 0.3 is 19.3 Å². The van der Waals surface area contributed by atoms with Crippen LogP contribution in [-0.4, -0.2) is 55.8 Å². The molecule has 0 aromatic carbocycles. The molecule has 10 nitrogen and oxygen atoms in total. The third-order valence-corrected chi connectivity index (χ3v) is 4.84. The van der Waals surface area contributed by atoms with Crippen LogP contribution in [0.3, 0.4) is 0 Å². The van der Waals surface area contributed by atoms with E-state index in [1.807, 2.05) is 27.7 Å². The van der Waals surface area contributed by atoms with E-state index in [9.17, 15) is 14.7 Å². The second kappa shape index (κ2) is 6.70. The molecule has 0 bridgehead atoms. The SMILES string of the molecule is CC(C)(C)OC(=O)N(C(=O)O)c1nc2cc(B3OC(C)(C)C(C)(C)O3)ccn2n1. The number of nitrogens with zero attached hydrogens (tertiary/aromatic N) is 4. The van der Waals surface area contributed by atoms with Gasteiger partial charge in [0, 0.05) is 6.20 Å². The summed E-state index contributed by atoms with van der Waals surface area (Å²) < 4.78 is 18.6. The molecule has 2 aromatic heterocycles. The van der Waals surface area contributed by atoms with Gasteiger partial charge in [-0.1, -0.05) is 0 Å². The fourth-order valence-corrected chi connectivity index (χ4v) is 2.66. The summed E-state index contributed by atoms with van der Waals surface area (Å²) in [5, 5.41) is 13.5. The molecule has 1 N–H and O–H groups in total. The second-order valence-electron chi connectivity index (χ2n) is 8.86. The Hall–Kier alpha value is -2.66. The third kappa shape index (κ3) is 4.06. The number of hydrogen-bond donors (Lipinski definition) is 1. The molecule has 11 heteroatoms. The number of carbonyl (C=O) groups is 2. The summed E-state index contributed by atoms with van der Waals surface area (Å²) in [6.07, 6.45) is -1.02. The van der Waals surface area contributed by atoms with Crippen molar-refractivity contribution in [2.45, 2.75) is 65.3 Å². The van der Waals surface area contributed by atoms with Gasteiger partial charge in [0.05, 0.1) is 11.2 Å². The highest BCUT2D eigenvalue weighted by Crippen LogP contribution is 2.36. The Balaban J connectivity index is 1.93. The van der Waals surface area contributed by atoms with Crippen molar-refractivity contribution in [2.24, 2.45) is 0 Å². The molecule has 1 fully saturated rings. The lowest BCUT2D eigenvalue weighted by Gasteiger charge is -2.32. The van der Waals surface area contributed by atoms with Crippen LogP contribution in [0.2, 0.25) is 0 Å². The summed E-state index contributed by atoms with van der Waals surface area (Å²) in [7, 11) is -0.605. The maximum absolute atomic E-state index is 12.3. The summed E-state index contributed by atoms with van der Waals surface area (Å²) in [6, 6.07) is 3.42. The summed E-state index contributed by atoms with van der Waals surface area (Å²) >= 11 is 0. The molecule has 0 aliphatic carbocycles. The Bertz CT molecular complexity index is 949. The maximum atomic E-state index is 12.3. The monoisotopic (exact) mass is 404 g/mol. The predicted molar refractivity (Wildman–Crippen MR) is 105 cm³/mol. The smallest absolute Gasteiger partial charge is 0.464 e. The number of fused-ring (bicyclic) bond motifs is 1. The van der Waals surface area contributed by atoms with Crippen molar-refractivity contribution in [2.75, 3.05) is 4.90 Å². The van der Waals surface area contributed by atoms with Crippen molar-refractivity contribution in [3.05, 3.63) is 18.3 Å². The molecule has 0 unspecified atom stereocenters. The van der Waals surface area contributed by atoms with Crippen LogP contribution in [0.15, 0.2) is 18.3 Å². The van der Waals surface area contributed by atoms with E-state index in [1.165, 1.54) is 4.52 Å². The first-order valence-corrected chi connectivity index (χ1v) is 9.18. The molecule has 3 rings (SSSR count). The lowest BCUT2D eigenvalue weighted by atomic mass is 9.80. The number of anilines is 1. The number of amides is 2. The number of aromatic nitrogens is 3. The number of carbonyl (C=O) groups excluding carboxylic acids is 1. The molecule has 1 aliphatic heterocycles. The Labute approximate surface area is 168 Å². The predicted octanol–water partition coefficient (Wildman–Crippen LogP) is 2.45. The van der Waals surface area contributed by atoms with Gasteiger partial charge in [0.2, 0.25) is 0 Å². The summed E-state index contributed by atoms with van der Waals surface area (Å²) in [4.78, 5) is 28.5. The summed E-state index contributed by atoms with van der Waals surface area (Å²) in [5.74, 6) is -0.308. The molecule has 3 heterocycles. The van der Waals surface area contributed by atoms with E-state index in [-0.39, 0.29) is 5.95 Å². The first-order valence-electron chi connectivity index (χ1n) is 9.18. The average Bonchev–Trinajstić information content (AvgIpc) is 3.02. The zero-order valence-corrected chi connectivity index (χ0v) is 17.6. The minimum Gasteiger partial charge on any atom is -0.464 e. The number of pyridine rings is 1. The molecular formula is C18H25BN4O6. The van der Waals surface area contributed by atoms with E-state index in [1.54, 1.807) is 39.1 Å². The fourth-order valence-electron chi connectivity index (χ4n) is 2.66. The van der Waals surface area contributed by atoms with Crippen molar-refractivity contribution >= 4 is 36.4 Å². The average molecular weight is 404 g/mol. The van der Waals surface area contributed by atoms with Crippen molar-refractivity contribution in [1.29, 1.82) is 0 Å². The minimum absolute atomic E-state index is 0.308. The normalized spacial score (nSPS) is 18.1. The maximum Gasteiger partial charge on any atom is 0.495 e. The number of rotatable bonds is 2. The molecule has 0 spiro atoms. The summed E-state index contributed by atoms with van der Waals surface area (Å²) in [6.45, 7) is 12.7. The van der Waals surface area contributed by atoms with Crippen LogP contribution in [0.25, 0.3) is 5.65 Å². The van der Waals surface area contributed by atoms with Gasteiger partial charge in [-0.3, -0.25) is 0 Å². The van der Waals surface area contributed by atoms with Crippen molar-refractivity contribution in [3.63, 3.8) is 0 Å². The van der Waals surface area contributed by atoms with Gasteiger partial charge in [0.15, 0.2) is 5.65 Å². The van der Waals surface area contributed by atoms with E-state index in [2.05, 4.69) is 10.1 Å². The molecule has 1 aliphatic rings. The highest BCUT2D eigenvalue weighted by molar-refractivity contribution is 6.62. The van der Waals surface area contributed by atoms with Gasteiger partial charge < -0.3 is 19.2 Å². The lowest BCUT2D eigenvalue weighted by molar-refractivity contribution is 0.00578. The first kappa shape index (κ1) is 21.1. The zero-order valence-electron chi connectivity index (χ0n) is 17.6. The Morgan fingerprint density at radius 2 is 1.79 bits per heavy atom. The Kier molecular flexibility index (Phi) is 4.87. The third-order valence-electron chi connectivity index (χ3n) is 4.84. The zero-order chi connectivity index (χ0) is 21.8. The van der Waals surface area contributed by atoms with Crippen molar-refractivity contribution in [1.82, 2.24) is 14.6 Å². The molecule has 2 aromatic rings. The van der Waals surface area contributed by atoms with Gasteiger partial charge in [-0.05, 0) is 66.1 Å². The molecular weight excluding hydrogens is 379 g/mol. The van der Waals surface area contributed by atoms with Gasteiger partial charge in [0.25, 0.3) is 5.95 Å². The molecule has 156 valence electrons. The van der Waals surface area contributed by atoms with Crippen LogP contribution in [0.1, 0.15) is 48.5 Å². The highest BCUT2D eigenvalue weighted by atomic mass is 16.7. The number of ether oxygens (including phenoxy) is 1. The molecule has 29 heavy (non-hydrogen) atoms.